The quantitative estimate of drug-likeness (QED) is 0.787. The Hall–Kier alpha value is -0.300. The van der Waals surface area contributed by atoms with Gasteiger partial charge in [0, 0.05) is 8.04 Å². The van der Waals surface area contributed by atoms with E-state index in [0.29, 0.717) is 5.75 Å². The fourth-order valence-corrected chi connectivity index (χ4v) is 1.74. The molecule has 1 amide bonds. The van der Waals surface area contributed by atoms with E-state index < -0.39 is 6.09 Å². The van der Waals surface area contributed by atoms with Crippen LogP contribution < -0.4 is 10.5 Å². The van der Waals surface area contributed by atoms with Crippen LogP contribution in [0.2, 0.25) is 0 Å². The normalized spacial score (nSPS) is 9.77. The number of rotatable bonds is 1. The second-order valence-electron chi connectivity index (χ2n) is 2.45. The predicted octanol–water partition coefficient (Wildman–Crippen LogP) is 2.82. The fraction of sp³-hybridized carbons (Fsp3) is 0.125. The molecule has 0 spiro atoms. The number of amides is 1. The van der Waals surface area contributed by atoms with E-state index >= 15 is 0 Å². The number of hydrogen-bond acceptors (Lipinski definition) is 2. The molecule has 0 fully saturated rings. The maximum absolute atomic E-state index is 10.5. The lowest BCUT2D eigenvalue weighted by molar-refractivity contribution is 0.210. The predicted molar refractivity (Wildman–Crippen MR) is 61.8 cm³/mol. The smallest absolute Gasteiger partial charge is 0.409 e. The summed E-state index contributed by atoms with van der Waals surface area (Å²) in [5.41, 5.74) is 5.77. The van der Waals surface area contributed by atoms with E-state index in [2.05, 4.69) is 38.5 Å². The van der Waals surface area contributed by atoms with Gasteiger partial charge in [-0.15, -0.1) is 0 Å². The van der Waals surface area contributed by atoms with Gasteiger partial charge >= 0.3 is 6.09 Å². The van der Waals surface area contributed by atoms with Gasteiger partial charge in [-0.2, -0.15) is 0 Å². The third-order valence-corrected chi connectivity index (χ3v) is 3.72. The number of halogens is 2. The summed E-state index contributed by atoms with van der Waals surface area (Å²) in [5.74, 6) is 0.500. The van der Waals surface area contributed by atoms with Gasteiger partial charge in [-0.05, 0) is 63.1 Å². The van der Waals surface area contributed by atoms with E-state index in [4.69, 9.17) is 10.5 Å². The van der Waals surface area contributed by atoms with Crippen LogP contribution in [0.1, 0.15) is 5.56 Å². The van der Waals surface area contributed by atoms with E-state index in [0.717, 1.165) is 13.6 Å². The minimum Gasteiger partial charge on any atom is -0.410 e. The van der Waals surface area contributed by atoms with Crippen LogP contribution in [0.15, 0.2) is 16.6 Å². The highest BCUT2D eigenvalue weighted by molar-refractivity contribution is 14.1. The van der Waals surface area contributed by atoms with Crippen molar-refractivity contribution in [3.8, 4) is 5.75 Å². The van der Waals surface area contributed by atoms with E-state index in [1.165, 1.54) is 0 Å². The molecule has 0 aromatic heterocycles. The van der Waals surface area contributed by atoms with Gasteiger partial charge in [-0.25, -0.2) is 4.79 Å². The highest BCUT2D eigenvalue weighted by Gasteiger charge is 2.06. The maximum Gasteiger partial charge on any atom is 0.409 e. The van der Waals surface area contributed by atoms with Gasteiger partial charge in [-0.3, -0.25) is 0 Å². The van der Waals surface area contributed by atoms with Crippen molar-refractivity contribution in [1.82, 2.24) is 0 Å². The minimum atomic E-state index is -0.791. The van der Waals surface area contributed by atoms with Crippen molar-refractivity contribution in [3.05, 3.63) is 25.7 Å². The number of benzene rings is 1. The van der Waals surface area contributed by atoms with Crippen LogP contribution in [0.3, 0.4) is 0 Å². The second kappa shape index (κ2) is 4.28. The SMILES string of the molecule is Cc1cc(Br)c(I)cc1OC(N)=O. The van der Waals surface area contributed by atoms with Gasteiger partial charge in [0.15, 0.2) is 0 Å². The summed E-state index contributed by atoms with van der Waals surface area (Å²) in [6.45, 7) is 1.85. The Labute approximate surface area is 97.9 Å². The first kappa shape index (κ1) is 10.8. The Morgan fingerprint density at radius 1 is 1.62 bits per heavy atom. The van der Waals surface area contributed by atoms with Crippen molar-refractivity contribution < 1.29 is 9.53 Å². The first-order valence-corrected chi connectivity index (χ1v) is 5.31. The van der Waals surface area contributed by atoms with Crippen molar-refractivity contribution in [2.75, 3.05) is 0 Å². The molecule has 13 heavy (non-hydrogen) atoms. The molecule has 0 aliphatic carbocycles. The van der Waals surface area contributed by atoms with Crippen molar-refractivity contribution in [2.45, 2.75) is 6.92 Å². The molecule has 2 N–H and O–H groups in total. The molecule has 70 valence electrons. The standard InChI is InChI=1S/C8H7BrINO2/c1-4-2-5(9)6(10)3-7(4)13-8(11)12/h2-3H,1H3,(H2,11,12). The fourth-order valence-electron chi connectivity index (χ4n) is 0.846. The summed E-state index contributed by atoms with van der Waals surface area (Å²) in [6.07, 6.45) is -0.791. The summed E-state index contributed by atoms with van der Waals surface area (Å²) in [5, 5.41) is 0. The highest BCUT2D eigenvalue weighted by atomic mass is 127. The van der Waals surface area contributed by atoms with E-state index in [1.54, 1.807) is 6.07 Å². The molecule has 0 radical (unpaired) electrons. The molecular weight excluding hydrogens is 349 g/mol. The number of ether oxygens (including phenoxy) is 1. The zero-order valence-corrected chi connectivity index (χ0v) is 10.5. The van der Waals surface area contributed by atoms with E-state index in [9.17, 15) is 4.79 Å². The van der Waals surface area contributed by atoms with Gasteiger partial charge in [0.1, 0.15) is 5.75 Å². The zero-order valence-electron chi connectivity index (χ0n) is 6.80. The summed E-state index contributed by atoms with van der Waals surface area (Å²) >= 11 is 5.50. The maximum atomic E-state index is 10.5. The van der Waals surface area contributed by atoms with Crippen LogP contribution in [0, 0.1) is 10.5 Å². The molecule has 3 nitrogen and oxygen atoms in total. The summed E-state index contributed by atoms with van der Waals surface area (Å²) in [7, 11) is 0. The molecule has 5 heteroatoms. The van der Waals surface area contributed by atoms with Crippen LogP contribution in [0.5, 0.6) is 5.75 Å². The second-order valence-corrected chi connectivity index (χ2v) is 4.47. The Bertz CT molecular complexity index is 354. The molecule has 0 atom stereocenters. The molecule has 0 bridgehead atoms. The number of primary amides is 1. The molecule has 1 rings (SSSR count). The monoisotopic (exact) mass is 355 g/mol. The molecule has 0 heterocycles. The van der Waals surface area contributed by atoms with Crippen LogP contribution in [-0.4, -0.2) is 6.09 Å². The number of aryl methyl sites for hydroxylation is 1. The van der Waals surface area contributed by atoms with Crippen LogP contribution in [0.4, 0.5) is 4.79 Å². The van der Waals surface area contributed by atoms with Crippen molar-refractivity contribution in [3.63, 3.8) is 0 Å². The van der Waals surface area contributed by atoms with Crippen LogP contribution in [-0.2, 0) is 0 Å². The molecule has 1 aromatic carbocycles. The molecule has 0 aliphatic heterocycles. The number of hydrogen-bond donors (Lipinski definition) is 1. The molecular formula is C8H7BrINO2. The van der Waals surface area contributed by atoms with E-state index in [-0.39, 0.29) is 0 Å². The van der Waals surface area contributed by atoms with E-state index in [1.807, 2.05) is 13.0 Å². The first-order chi connectivity index (χ1) is 6.00. The van der Waals surface area contributed by atoms with Gasteiger partial charge in [0.05, 0.1) is 0 Å². The topological polar surface area (TPSA) is 52.3 Å². The molecule has 0 saturated heterocycles. The Morgan fingerprint density at radius 3 is 2.77 bits per heavy atom. The summed E-state index contributed by atoms with van der Waals surface area (Å²) in [4.78, 5) is 10.5. The average molecular weight is 356 g/mol. The van der Waals surface area contributed by atoms with Gasteiger partial charge in [-0.1, -0.05) is 0 Å². The number of carbonyl (C=O) groups is 1. The molecule has 0 saturated carbocycles. The van der Waals surface area contributed by atoms with Crippen molar-refractivity contribution >= 4 is 44.6 Å². The lowest BCUT2D eigenvalue weighted by atomic mass is 10.2. The van der Waals surface area contributed by atoms with Crippen LogP contribution >= 0.6 is 38.5 Å². The molecule has 0 aliphatic rings. The third-order valence-electron chi connectivity index (χ3n) is 1.43. The Kier molecular flexibility index (Phi) is 3.55. The number of nitrogens with two attached hydrogens (primary N) is 1. The summed E-state index contributed by atoms with van der Waals surface area (Å²) < 4.78 is 6.74. The molecule has 0 unspecified atom stereocenters. The Balaban J connectivity index is 3.08. The molecule has 1 aromatic rings. The van der Waals surface area contributed by atoms with Gasteiger partial charge in [0.2, 0.25) is 0 Å². The zero-order chi connectivity index (χ0) is 10.0. The minimum absolute atomic E-state index is 0.500. The lowest BCUT2D eigenvalue weighted by Crippen LogP contribution is -2.16. The lowest BCUT2D eigenvalue weighted by Gasteiger charge is -2.06. The largest absolute Gasteiger partial charge is 0.410 e. The van der Waals surface area contributed by atoms with Gasteiger partial charge < -0.3 is 10.5 Å². The van der Waals surface area contributed by atoms with Crippen LogP contribution in [0.25, 0.3) is 0 Å². The first-order valence-electron chi connectivity index (χ1n) is 3.43. The van der Waals surface area contributed by atoms with Gasteiger partial charge in [0.25, 0.3) is 0 Å². The van der Waals surface area contributed by atoms with Crippen molar-refractivity contribution in [1.29, 1.82) is 0 Å². The summed E-state index contributed by atoms with van der Waals surface area (Å²) in [6, 6.07) is 3.63. The number of carbonyl (C=O) groups excluding carboxylic acids is 1. The highest BCUT2D eigenvalue weighted by Crippen LogP contribution is 2.27. The van der Waals surface area contributed by atoms with Crippen molar-refractivity contribution in [2.24, 2.45) is 5.73 Å². The average Bonchev–Trinajstić information content (AvgIpc) is 1.99. The Morgan fingerprint density at radius 2 is 2.23 bits per heavy atom. The third kappa shape index (κ3) is 2.84.